The van der Waals surface area contributed by atoms with E-state index in [-0.39, 0.29) is 10.6 Å². The zero-order valence-electron chi connectivity index (χ0n) is 9.39. The van der Waals surface area contributed by atoms with Gasteiger partial charge in [0.25, 0.3) is 5.91 Å². The highest BCUT2D eigenvalue weighted by Gasteiger charge is 2.23. The number of benzene rings is 1. The molecule has 8 heteroatoms. The number of aliphatic carboxylic acids is 2. The third-order valence-corrected chi connectivity index (χ3v) is 2.45. The Hall–Kier alpha value is -2.15. The van der Waals surface area contributed by atoms with Gasteiger partial charge >= 0.3 is 11.9 Å². The average Bonchev–Trinajstić information content (AvgIpc) is 2.31. The molecule has 0 saturated heterocycles. The van der Waals surface area contributed by atoms with Gasteiger partial charge in [-0.15, -0.1) is 0 Å². The molecule has 1 atom stereocenters. The van der Waals surface area contributed by atoms with Crippen molar-refractivity contribution in [3.8, 4) is 0 Å². The number of halogens is 2. The highest BCUT2D eigenvalue weighted by Crippen LogP contribution is 2.16. The topological polar surface area (TPSA) is 104 Å². The normalized spacial score (nSPS) is 11.7. The molecule has 0 aromatic heterocycles. The third-order valence-electron chi connectivity index (χ3n) is 2.16. The molecule has 3 N–H and O–H groups in total. The largest absolute Gasteiger partial charge is 0.481 e. The van der Waals surface area contributed by atoms with Crippen molar-refractivity contribution in [3.63, 3.8) is 0 Å². The first-order valence-corrected chi connectivity index (χ1v) is 5.39. The molecule has 1 rings (SSSR count). The van der Waals surface area contributed by atoms with Crippen molar-refractivity contribution in [2.75, 3.05) is 0 Å². The summed E-state index contributed by atoms with van der Waals surface area (Å²) >= 11 is 5.48. The summed E-state index contributed by atoms with van der Waals surface area (Å²) < 4.78 is 12.9. The zero-order chi connectivity index (χ0) is 14.6. The van der Waals surface area contributed by atoms with Gasteiger partial charge in [0.15, 0.2) is 0 Å². The van der Waals surface area contributed by atoms with E-state index in [9.17, 15) is 18.8 Å². The van der Waals surface area contributed by atoms with Crippen LogP contribution in [-0.4, -0.2) is 34.1 Å². The van der Waals surface area contributed by atoms with Crippen molar-refractivity contribution < 1.29 is 29.0 Å². The molecule has 1 amide bonds. The van der Waals surface area contributed by atoms with E-state index in [1.54, 1.807) is 0 Å². The maximum atomic E-state index is 12.9. The van der Waals surface area contributed by atoms with Crippen LogP contribution in [0.25, 0.3) is 0 Å². The Morgan fingerprint density at radius 3 is 2.42 bits per heavy atom. The van der Waals surface area contributed by atoms with Crippen LogP contribution in [0, 0.1) is 5.82 Å². The predicted molar refractivity (Wildman–Crippen MR) is 62.6 cm³/mol. The highest BCUT2D eigenvalue weighted by molar-refractivity contribution is 6.31. The van der Waals surface area contributed by atoms with Crippen LogP contribution in [-0.2, 0) is 9.59 Å². The predicted octanol–water partition coefficient (Wildman–Crippen LogP) is 1.14. The van der Waals surface area contributed by atoms with Crippen molar-refractivity contribution >= 4 is 29.4 Å². The Morgan fingerprint density at radius 2 is 1.95 bits per heavy atom. The fourth-order valence-corrected chi connectivity index (χ4v) is 1.43. The third kappa shape index (κ3) is 4.22. The molecule has 102 valence electrons. The molecule has 6 nitrogen and oxygen atoms in total. The molecule has 1 unspecified atom stereocenters. The van der Waals surface area contributed by atoms with Crippen molar-refractivity contribution in [1.82, 2.24) is 5.32 Å². The summed E-state index contributed by atoms with van der Waals surface area (Å²) in [4.78, 5) is 32.9. The Morgan fingerprint density at radius 1 is 1.32 bits per heavy atom. The monoisotopic (exact) mass is 289 g/mol. The Labute approximate surface area is 111 Å². The number of hydrogen-bond acceptors (Lipinski definition) is 3. The summed E-state index contributed by atoms with van der Waals surface area (Å²) in [5.41, 5.74) is -0.0666. The number of carbonyl (C=O) groups excluding carboxylic acids is 1. The maximum absolute atomic E-state index is 12.9. The Kier molecular flexibility index (Phi) is 4.82. The lowest BCUT2D eigenvalue weighted by Gasteiger charge is -2.12. The van der Waals surface area contributed by atoms with Crippen LogP contribution in [0.5, 0.6) is 0 Å². The number of amides is 1. The lowest BCUT2D eigenvalue weighted by atomic mass is 10.1. The maximum Gasteiger partial charge on any atom is 0.326 e. The van der Waals surface area contributed by atoms with Crippen molar-refractivity contribution in [1.29, 1.82) is 0 Å². The number of hydrogen-bond donors (Lipinski definition) is 3. The quantitative estimate of drug-likeness (QED) is 0.754. The molecule has 0 spiro atoms. The number of carbonyl (C=O) groups is 3. The van der Waals surface area contributed by atoms with Crippen LogP contribution in [0.3, 0.4) is 0 Å². The van der Waals surface area contributed by atoms with Gasteiger partial charge in [0.05, 0.1) is 11.4 Å². The minimum Gasteiger partial charge on any atom is -0.481 e. The van der Waals surface area contributed by atoms with Crippen LogP contribution in [0.2, 0.25) is 5.02 Å². The standard InChI is InChI=1S/C11H9ClFNO5/c12-6-3-5(1-2-7(6)13)10(17)14-8(11(18)19)4-9(15)16/h1-3,8H,4H2,(H,14,17)(H,15,16)(H,18,19). The van der Waals surface area contributed by atoms with Gasteiger partial charge in [-0.2, -0.15) is 0 Å². The lowest BCUT2D eigenvalue weighted by molar-refractivity contribution is -0.145. The van der Waals surface area contributed by atoms with Gasteiger partial charge in [-0.05, 0) is 18.2 Å². The SMILES string of the molecule is O=C(O)CC(NC(=O)c1ccc(F)c(Cl)c1)C(=O)O. The van der Waals surface area contributed by atoms with Gasteiger partial charge in [-0.3, -0.25) is 9.59 Å². The van der Waals surface area contributed by atoms with E-state index in [0.717, 1.165) is 18.2 Å². The van der Waals surface area contributed by atoms with E-state index >= 15 is 0 Å². The lowest BCUT2D eigenvalue weighted by Crippen LogP contribution is -2.42. The summed E-state index contributed by atoms with van der Waals surface area (Å²) in [5.74, 6) is -4.43. The Balaban J connectivity index is 2.84. The molecular weight excluding hydrogens is 281 g/mol. The second-order valence-electron chi connectivity index (χ2n) is 3.59. The van der Waals surface area contributed by atoms with Crippen LogP contribution in [0.1, 0.15) is 16.8 Å². The summed E-state index contributed by atoms with van der Waals surface area (Å²) in [5, 5.41) is 19.0. The first kappa shape index (κ1) is 14.9. The molecule has 0 bridgehead atoms. The number of carboxylic acid groups (broad SMARTS) is 2. The molecular formula is C11H9ClFNO5. The van der Waals surface area contributed by atoms with Crippen LogP contribution < -0.4 is 5.32 Å². The molecule has 0 heterocycles. The second-order valence-corrected chi connectivity index (χ2v) is 4.00. The van der Waals surface area contributed by atoms with Crippen LogP contribution in [0.15, 0.2) is 18.2 Å². The van der Waals surface area contributed by atoms with Gasteiger partial charge in [0.2, 0.25) is 0 Å². The smallest absolute Gasteiger partial charge is 0.326 e. The molecule has 0 fully saturated rings. The first-order chi connectivity index (χ1) is 8.81. The van der Waals surface area contributed by atoms with Gasteiger partial charge < -0.3 is 15.5 Å². The van der Waals surface area contributed by atoms with Gasteiger partial charge in [-0.25, -0.2) is 9.18 Å². The molecule has 1 aromatic rings. The molecule has 1 aromatic carbocycles. The van der Waals surface area contributed by atoms with E-state index in [1.165, 1.54) is 0 Å². The van der Waals surface area contributed by atoms with E-state index in [0.29, 0.717) is 0 Å². The zero-order valence-corrected chi connectivity index (χ0v) is 10.1. The summed E-state index contributed by atoms with van der Waals surface area (Å²) in [6, 6.07) is 1.50. The first-order valence-electron chi connectivity index (χ1n) is 5.01. The molecule has 0 radical (unpaired) electrons. The van der Waals surface area contributed by atoms with Gasteiger partial charge in [0.1, 0.15) is 11.9 Å². The molecule has 0 saturated carbocycles. The number of nitrogens with one attached hydrogen (secondary N) is 1. The minimum atomic E-state index is -1.58. The minimum absolute atomic E-state index is 0.0666. The molecule has 19 heavy (non-hydrogen) atoms. The Bertz CT molecular complexity index is 534. The van der Waals surface area contributed by atoms with Crippen molar-refractivity contribution in [2.45, 2.75) is 12.5 Å². The van der Waals surface area contributed by atoms with Crippen LogP contribution in [0.4, 0.5) is 4.39 Å². The number of rotatable bonds is 5. The van der Waals surface area contributed by atoms with E-state index in [1.807, 2.05) is 5.32 Å². The van der Waals surface area contributed by atoms with Gasteiger partial charge in [0, 0.05) is 5.56 Å². The summed E-state index contributed by atoms with van der Waals surface area (Å²) in [6.07, 6.45) is -0.768. The van der Waals surface area contributed by atoms with E-state index in [2.05, 4.69) is 0 Å². The average molecular weight is 290 g/mol. The fraction of sp³-hybridized carbons (Fsp3) is 0.182. The van der Waals surface area contributed by atoms with Gasteiger partial charge in [-0.1, -0.05) is 11.6 Å². The summed E-state index contributed by atoms with van der Waals surface area (Å²) in [7, 11) is 0. The number of carboxylic acids is 2. The fourth-order valence-electron chi connectivity index (χ4n) is 1.25. The molecule has 0 aliphatic heterocycles. The van der Waals surface area contributed by atoms with Crippen LogP contribution >= 0.6 is 11.6 Å². The highest BCUT2D eigenvalue weighted by atomic mass is 35.5. The van der Waals surface area contributed by atoms with Crippen molar-refractivity contribution in [2.24, 2.45) is 0 Å². The summed E-state index contributed by atoms with van der Waals surface area (Å²) in [6.45, 7) is 0. The molecule has 0 aliphatic carbocycles. The molecule has 0 aliphatic rings. The van der Waals surface area contributed by atoms with E-state index in [4.69, 9.17) is 21.8 Å². The van der Waals surface area contributed by atoms with E-state index < -0.39 is 36.1 Å². The van der Waals surface area contributed by atoms with Crippen molar-refractivity contribution in [3.05, 3.63) is 34.6 Å². The second kappa shape index (κ2) is 6.14.